The molecule has 6 heteroatoms. The van der Waals surface area contributed by atoms with Crippen molar-refractivity contribution in [1.82, 2.24) is 20.0 Å². The highest BCUT2D eigenvalue weighted by Crippen LogP contribution is 2.07. The maximum atomic E-state index is 12.2. The van der Waals surface area contributed by atoms with Crippen LogP contribution in [0.1, 0.15) is 5.69 Å². The Morgan fingerprint density at radius 1 is 1.11 bits per heavy atom. The highest BCUT2D eigenvalue weighted by molar-refractivity contribution is 6.29. The molecule has 0 atom stereocenters. The Morgan fingerprint density at radius 3 is 2.79 bits per heavy atom. The normalized spacial score (nSPS) is 10.8. The van der Waals surface area contributed by atoms with Gasteiger partial charge in [0.05, 0.1) is 17.6 Å². The van der Waals surface area contributed by atoms with Gasteiger partial charge in [-0.1, -0.05) is 35.0 Å². The van der Waals surface area contributed by atoms with E-state index in [-0.39, 0.29) is 12.1 Å². The van der Waals surface area contributed by atoms with E-state index in [1.807, 2.05) is 6.07 Å². The summed E-state index contributed by atoms with van der Waals surface area (Å²) in [5.41, 5.74) is 1.06. The van der Waals surface area contributed by atoms with Crippen LogP contribution in [0.15, 0.2) is 47.3 Å². The molecule has 0 unspecified atom stereocenters. The third-order valence-electron chi connectivity index (χ3n) is 2.71. The van der Waals surface area contributed by atoms with Crippen molar-refractivity contribution in [3.63, 3.8) is 0 Å². The summed E-state index contributed by atoms with van der Waals surface area (Å²) >= 11 is 5.81. The molecule has 0 aliphatic rings. The summed E-state index contributed by atoms with van der Waals surface area (Å²) in [5, 5.41) is 8.84. The molecule has 0 saturated carbocycles. The minimum absolute atomic E-state index is 0.188. The molecular weight excluding hydrogens is 264 g/mol. The maximum absolute atomic E-state index is 12.2. The molecule has 1 aromatic carbocycles. The minimum Gasteiger partial charge on any atom is -0.267 e. The molecule has 5 nitrogen and oxygen atoms in total. The summed E-state index contributed by atoms with van der Waals surface area (Å²) in [7, 11) is 0. The molecule has 0 fully saturated rings. The molecule has 0 radical (unpaired) electrons. The minimum atomic E-state index is -0.188. The van der Waals surface area contributed by atoms with Crippen molar-refractivity contribution in [2.45, 2.75) is 6.54 Å². The summed E-state index contributed by atoms with van der Waals surface area (Å²) in [4.78, 5) is 16.3. The average molecular weight is 273 g/mol. The van der Waals surface area contributed by atoms with Crippen LogP contribution < -0.4 is 5.56 Å². The topological polar surface area (TPSA) is 60.7 Å². The van der Waals surface area contributed by atoms with Crippen LogP contribution in [0.5, 0.6) is 0 Å². The van der Waals surface area contributed by atoms with Crippen LogP contribution in [0.4, 0.5) is 0 Å². The molecule has 3 aromatic rings. The van der Waals surface area contributed by atoms with Crippen LogP contribution in [0.3, 0.4) is 0 Å². The first-order valence-electron chi connectivity index (χ1n) is 5.68. The zero-order valence-corrected chi connectivity index (χ0v) is 10.6. The molecule has 0 spiro atoms. The Morgan fingerprint density at radius 2 is 1.95 bits per heavy atom. The Kier molecular flexibility index (Phi) is 2.97. The predicted octanol–water partition coefficient (Wildman–Crippen LogP) is 1.89. The van der Waals surface area contributed by atoms with Crippen LogP contribution >= 0.6 is 11.6 Å². The molecule has 94 valence electrons. The Hall–Kier alpha value is -2.27. The number of rotatable bonds is 2. The van der Waals surface area contributed by atoms with Crippen molar-refractivity contribution in [1.29, 1.82) is 0 Å². The third kappa shape index (κ3) is 2.32. The van der Waals surface area contributed by atoms with Gasteiger partial charge < -0.3 is 0 Å². The van der Waals surface area contributed by atoms with Crippen LogP contribution in [-0.4, -0.2) is 20.0 Å². The lowest BCUT2D eigenvalue weighted by Gasteiger charge is -2.04. The molecule has 0 aliphatic carbocycles. The fourth-order valence-corrected chi connectivity index (χ4v) is 2.00. The number of nitrogens with zero attached hydrogens (tertiary/aromatic N) is 4. The molecule has 19 heavy (non-hydrogen) atoms. The molecule has 3 rings (SSSR count). The number of hydrogen-bond acceptors (Lipinski definition) is 4. The van der Waals surface area contributed by atoms with E-state index >= 15 is 0 Å². The first-order valence-corrected chi connectivity index (χ1v) is 6.06. The van der Waals surface area contributed by atoms with E-state index in [0.717, 1.165) is 0 Å². The highest BCUT2D eigenvalue weighted by Gasteiger charge is 2.06. The number of fused-ring (bicyclic) bond motifs is 1. The van der Waals surface area contributed by atoms with Gasteiger partial charge in [0.15, 0.2) is 0 Å². The largest absolute Gasteiger partial charge is 0.277 e. The summed E-state index contributed by atoms with van der Waals surface area (Å²) < 4.78 is 1.28. The summed E-state index contributed by atoms with van der Waals surface area (Å²) in [6.07, 6.45) is 0. The average Bonchev–Trinajstić information content (AvgIpc) is 2.42. The Labute approximate surface area is 113 Å². The summed E-state index contributed by atoms with van der Waals surface area (Å²) in [6.45, 7) is 0.247. The van der Waals surface area contributed by atoms with Crippen molar-refractivity contribution in [3.05, 3.63) is 63.7 Å². The van der Waals surface area contributed by atoms with Crippen molar-refractivity contribution in [3.8, 4) is 0 Å². The van der Waals surface area contributed by atoms with Gasteiger partial charge in [-0.3, -0.25) is 4.79 Å². The highest BCUT2D eigenvalue weighted by atomic mass is 35.5. The molecule has 0 amide bonds. The van der Waals surface area contributed by atoms with Gasteiger partial charge in [0, 0.05) is 0 Å². The van der Waals surface area contributed by atoms with Crippen molar-refractivity contribution >= 4 is 22.5 Å². The SMILES string of the molecule is O=c1c2ccccc2nnn1Cc1cccc(Cl)n1. The summed E-state index contributed by atoms with van der Waals surface area (Å²) in [6, 6.07) is 12.4. The number of hydrogen-bond donors (Lipinski definition) is 0. The van der Waals surface area contributed by atoms with E-state index in [1.165, 1.54) is 4.68 Å². The fourth-order valence-electron chi connectivity index (χ4n) is 1.82. The van der Waals surface area contributed by atoms with Crippen molar-refractivity contribution in [2.24, 2.45) is 0 Å². The first kappa shape index (κ1) is 11.8. The zero-order valence-electron chi connectivity index (χ0n) is 9.82. The van der Waals surface area contributed by atoms with Gasteiger partial charge in [0.2, 0.25) is 0 Å². The Bertz CT molecular complexity index is 800. The lowest BCUT2D eigenvalue weighted by molar-refractivity contribution is 0.592. The van der Waals surface area contributed by atoms with Gasteiger partial charge in [0.1, 0.15) is 10.7 Å². The quantitative estimate of drug-likeness (QED) is 0.669. The number of aromatic nitrogens is 4. The van der Waals surface area contributed by atoms with E-state index in [9.17, 15) is 4.79 Å². The number of pyridine rings is 1. The Balaban J connectivity index is 2.06. The van der Waals surface area contributed by atoms with E-state index in [2.05, 4.69) is 15.3 Å². The fraction of sp³-hybridized carbons (Fsp3) is 0.0769. The van der Waals surface area contributed by atoms with Gasteiger partial charge in [-0.05, 0) is 24.3 Å². The second-order valence-electron chi connectivity index (χ2n) is 4.02. The molecule has 0 aliphatic heterocycles. The van der Waals surface area contributed by atoms with E-state index < -0.39 is 0 Å². The van der Waals surface area contributed by atoms with Gasteiger partial charge >= 0.3 is 0 Å². The van der Waals surface area contributed by atoms with Gasteiger partial charge in [-0.25, -0.2) is 9.67 Å². The van der Waals surface area contributed by atoms with Gasteiger partial charge in [-0.15, -0.1) is 5.10 Å². The van der Waals surface area contributed by atoms with Crippen LogP contribution in [0.2, 0.25) is 5.15 Å². The summed E-state index contributed by atoms with van der Waals surface area (Å²) in [5.74, 6) is 0. The maximum Gasteiger partial charge on any atom is 0.277 e. The van der Waals surface area contributed by atoms with Gasteiger partial charge in [-0.2, -0.15) is 0 Å². The second kappa shape index (κ2) is 4.78. The van der Waals surface area contributed by atoms with E-state index in [1.54, 1.807) is 36.4 Å². The predicted molar refractivity (Wildman–Crippen MR) is 72.1 cm³/mol. The monoisotopic (exact) mass is 272 g/mol. The molecule has 0 N–H and O–H groups in total. The standard InChI is InChI=1S/C13H9ClN4O/c14-12-7-3-4-9(15-12)8-18-13(19)10-5-1-2-6-11(10)16-17-18/h1-7H,8H2. The molecule has 2 heterocycles. The molecule has 0 bridgehead atoms. The molecular formula is C13H9ClN4O. The lowest BCUT2D eigenvalue weighted by atomic mass is 10.2. The molecule has 2 aromatic heterocycles. The van der Waals surface area contributed by atoms with E-state index in [4.69, 9.17) is 11.6 Å². The van der Waals surface area contributed by atoms with Crippen LogP contribution in [0.25, 0.3) is 10.9 Å². The van der Waals surface area contributed by atoms with Crippen LogP contribution in [0, 0.1) is 0 Å². The second-order valence-corrected chi connectivity index (χ2v) is 4.41. The van der Waals surface area contributed by atoms with Crippen molar-refractivity contribution in [2.75, 3.05) is 0 Å². The van der Waals surface area contributed by atoms with Crippen molar-refractivity contribution < 1.29 is 0 Å². The van der Waals surface area contributed by atoms with E-state index in [0.29, 0.717) is 21.7 Å². The van der Waals surface area contributed by atoms with Crippen LogP contribution in [-0.2, 0) is 6.54 Å². The third-order valence-corrected chi connectivity index (χ3v) is 2.92. The smallest absolute Gasteiger partial charge is 0.267 e. The number of benzene rings is 1. The zero-order chi connectivity index (χ0) is 13.2. The lowest BCUT2D eigenvalue weighted by Crippen LogP contribution is -2.25. The molecule has 0 saturated heterocycles. The van der Waals surface area contributed by atoms with Gasteiger partial charge in [0.25, 0.3) is 5.56 Å². The first-order chi connectivity index (χ1) is 9.24. The number of halogens is 1.